The molecule has 0 aromatic heterocycles. The van der Waals surface area contributed by atoms with Crippen LogP contribution >= 0.6 is 0 Å². The molecular formula is C9H20N2O2. The van der Waals surface area contributed by atoms with E-state index in [4.69, 9.17) is 15.7 Å². The molecule has 0 aliphatic rings. The van der Waals surface area contributed by atoms with E-state index in [0.29, 0.717) is 6.42 Å². The molecule has 0 bridgehead atoms. The van der Waals surface area contributed by atoms with Crippen LogP contribution in [0.4, 0.5) is 0 Å². The lowest BCUT2D eigenvalue weighted by atomic mass is 10.2. The summed E-state index contributed by atoms with van der Waals surface area (Å²) in [7, 11) is 0. The predicted octanol–water partition coefficient (Wildman–Crippen LogP) is 1.72. The number of nitrogens with zero attached hydrogens (tertiary/aromatic N) is 1. The van der Waals surface area contributed by atoms with Crippen molar-refractivity contribution in [1.29, 1.82) is 0 Å². The molecule has 0 aromatic carbocycles. The van der Waals surface area contributed by atoms with E-state index in [1.165, 1.54) is 0 Å². The number of unbranched alkanes of at least 4 members (excludes halogenated alkanes) is 1. The Balaban J connectivity index is 3.28. The van der Waals surface area contributed by atoms with Crippen molar-refractivity contribution in [3.05, 3.63) is 0 Å². The molecule has 0 aliphatic carbocycles. The van der Waals surface area contributed by atoms with Gasteiger partial charge in [-0.3, -0.25) is 0 Å². The highest BCUT2D eigenvalue weighted by atomic mass is 16.5. The number of oxime groups is 1. The molecule has 0 saturated heterocycles. The molecule has 0 spiro atoms. The quantitative estimate of drug-likeness (QED) is 0.227. The van der Waals surface area contributed by atoms with Gasteiger partial charge < -0.3 is 15.7 Å². The summed E-state index contributed by atoms with van der Waals surface area (Å²) in [5.41, 5.74) is 5.23. The van der Waals surface area contributed by atoms with Crippen LogP contribution in [0.25, 0.3) is 0 Å². The van der Waals surface area contributed by atoms with Gasteiger partial charge in [0.2, 0.25) is 0 Å². The minimum Gasteiger partial charge on any atom is -0.409 e. The molecular weight excluding hydrogens is 168 g/mol. The largest absolute Gasteiger partial charge is 0.409 e. The first-order valence-electron chi connectivity index (χ1n) is 4.56. The maximum Gasteiger partial charge on any atom is 0.139 e. The van der Waals surface area contributed by atoms with E-state index in [1.807, 2.05) is 20.8 Å². The van der Waals surface area contributed by atoms with Crippen molar-refractivity contribution in [3.63, 3.8) is 0 Å². The number of ether oxygens (including phenoxy) is 1. The molecule has 0 radical (unpaired) electrons. The zero-order valence-corrected chi connectivity index (χ0v) is 8.71. The Bertz CT molecular complexity index is 161. The van der Waals surface area contributed by atoms with Crippen molar-refractivity contribution >= 4 is 5.84 Å². The molecule has 13 heavy (non-hydrogen) atoms. The first-order chi connectivity index (χ1) is 5.95. The second-order valence-electron chi connectivity index (χ2n) is 4.01. The summed E-state index contributed by atoms with van der Waals surface area (Å²) in [6.45, 7) is 6.80. The highest BCUT2D eigenvalue weighted by Gasteiger charge is 2.08. The van der Waals surface area contributed by atoms with Crippen LogP contribution in [0.2, 0.25) is 0 Å². The minimum absolute atomic E-state index is 0.0728. The zero-order chi connectivity index (χ0) is 10.3. The summed E-state index contributed by atoms with van der Waals surface area (Å²) in [4.78, 5) is 0. The van der Waals surface area contributed by atoms with Gasteiger partial charge in [-0.1, -0.05) is 5.16 Å². The van der Waals surface area contributed by atoms with Crippen LogP contribution in [0, 0.1) is 0 Å². The predicted molar refractivity (Wildman–Crippen MR) is 53.0 cm³/mol. The Morgan fingerprint density at radius 2 is 2.00 bits per heavy atom. The van der Waals surface area contributed by atoms with Gasteiger partial charge in [-0.05, 0) is 33.6 Å². The highest BCUT2D eigenvalue weighted by molar-refractivity contribution is 5.79. The van der Waals surface area contributed by atoms with Gasteiger partial charge in [0.05, 0.1) is 5.60 Å². The van der Waals surface area contributed by atoms with E-state index in [0.717, 1.165) is 19.4 Å². The molecule has 0 fully saturated rings. The fourth-order valence-corrected chi connectivity index (χ4v) is 0.837. The van der Waals surface area contributed by atoms with Crippen molar-refractivity contribution in [1.82, 2.24) is 0 Å². The van der Waals surface area contributed by atoms with Crippen LogP contribution in [0.1, 0.15) is 40.0 Å². The maximum atomic E-state index is 8.25. The number of hydrogen-bond donors (Lipinski definition) is 2. The van der Waals surface area contributed by atoms with E-state index in [9.17, 15) is 0 Å². The lowest BCUT2D eigenvalue weighted by Crippen LogP contribution is -2.20. The molecule has 0 unspecified atom stereocenters. The lowest BCUT2D eigenvalue weighted by molar-refractivity contribution is -0.00440. The van der Waals surface area contributed by atoms with Crippen molar-refractivity contribution < 1.29 is 9.94 Å². The van der Waals surface area contributed by atoms with Gasteiger partial charge >= 0.3 is 0 Å². The van der Waals surface area contributed by atoms with Gasteiger partial charge in [0.1, 0.15) is 5.84 Å². The van der Waals surface area contributed by atoms with Crippen LogP contribution in [-0.4, -0.2) is 23.3 Å². The van der Waals surface area contributed by atoms with Gasteiger partial charge in [-0.2, -0.15) is 0 Å². The second-order valence-corrected chi connectivity index (χ2v) is 4.01. The summed E-state index contributed by atoms with van der Waals surface area (Å²) in [6, 6.07) is 0. The van der Waals surface area contributed by atoms with Gasteiger partial charge in [0.15, 0.2) is 0 Å². The summed E-state index contributed by atoms with van der Waals surface area (Å²) < 4.78 is 5.50. The van der Waals surface area contributed by atoms with Crippen molar-refractivity contribution in [3.8, 4) is 0 Å². The molecule has 0 heterocycles. The van der Waals surface area contributed by atoms with Crippen LogP contribution in [0.3, 0.4) is 0 Å². The first kappa shape index (κ1) is 12.2. The van der Waals surface area contributed by atoms with Gasteiger partial charge in [0.25, 0.3) is 0 Å². The number of amidine groups is 1. The number of hydrogen-bond acceptors (Lipinski definition) is 3. The molecule has 78 valence electrons. The molecule has 0 aliphatic heterocycles. The smallest absolute Gasteiger partial charge is 0.139 e. The molecule has 0 aromatic rings. The van der Waals surface area contributed by atoms with Crippen molar-refractivity contribution in [2.75, 3.05) is 6.61 Å². The average molecular weight is 188 g/mol. The lowest BCUT2D eigenvalue weighted by Gasteiger charge is -2.19. The SMILES string of the molecule is CC(C)(C)OCCCC/C(N)=N/O. The number of rotatable bonds is 5. The highest BCUT2D eigenvalue weighted by Crippen LogP contribution is 2.08. The summed E-state index contributed by atoms with van der Waals surface area (Å²) in [5.74, 6) is 0.288. The fourth-order valence-electron chi connectivity index (χ4n) is 0.837. The Labute approximate surface area is 79.8 Å². The first-order valence-corrected chi connectivity index (χ1v) is 4.56. The topological polar surface area (TPSA) is 67.8 Å². The second kappa shape index (κ2) is 5.80. The molecule has 0 rings (SSSR count). The molecule has 0 saturated carbocycles. The zero-order valence-electron chi connectivity index (χ0n) is 8.71. The third-order valence-corrected chi connectivity index (χ3v) is 1.49. The monoisotopic (exact) mass is 188 g/mol. The van der Waals surface area contributed by atoms with Crippen molar-refractivity contribution in [2.24, 2.45) is 10.9 Å². The molecule has 4 heteroatoms. The van der Waals surface area contributed by atoms with Crippen LogP contribution in [0.5, 0.6) is 0 Å². The third kappa shape index (κ3) is 9.14. The third-order valence-electron chi connectivity index (χ3n) is 1.49. The van der Waals surface area contributed by atoms with Crippen LogP contribution < -0.4 is 5.73 Å². The molecule has 0 amide bonds. The van der Waals surface area contributed by atoms with E-state index < -0.39 is 0 Å². The van der Waals surface area contributed by atoms with E-state index in [1.54, 1.807) is 0 Å². The molecule has 0 atom stereocenters. The van der Waals surface area contributed by atoms with Crippen molar-refractivity contribution in [2.45, 2.75) is 45.6 Å². The fraction of sp³-hybridized carbons (Fsp3) is 0.889. The average Bonchev–Trinajstić information content (AvgIpc) is 2.01. The standard InChI is InChI=1S/C9H20N2O2/c1-9(2,3)13-7-5-4-6-8(10)11-12/h12H,4-7H2,1-3H3,(H2,10,11). The Kier molecular flexibility index (Phi) is 5.46. The van der Waals surface area contributed by atoms with E-state index in [-0.39, 0.29) is 11.4 Å². The van der Waals surface area contributed by atoms with Gasteiger partial charge in [-0.25, -0.2) is 0 Å². The molecule has 3 N–H and O–H groups in total. The van der Waals surface area contributed by atoms with Crippen LogP contribution in [0.15, 0.2) is 5.16 Å². The Hall–Kier alpha value is -0.770. The Morgan fingerprint density at radius 3 is 2.46 bits per heavy atom. The van der Waals surface area contributed by atoms with E-state index >= 15 is 0 Å². The minimum atomic E-state index is -0.0728. The number of nitrogens with two attached hydrogens (primary N) is 1. The summed E-state index contributed by atoms with van der Waals surface area (Å²) in [5, 5.41) is 11.1. The van der Waals surface area contributed by atoms with Gasteiger partial charge in [0, 0.05) is 13.0 Å². The normalized spacial score (nSPS) is 13.3. The Morgan fingerprint density at radius 1 is 1.38 bits per heavy atom. The van der Waals surface area contributed by atoms with Gasteiger partial charge in [-0.15, -0.1) is 0 Å². The maximum absolute atomic E-state index is 8.25. The summed E-state index contributed by atoms with van der Waals surface area (Å²) >= 11 is 0. The summed E-state index contributed by atoms with van der Waals surface area (Å²) in [6.07, 6.45) is 2.46. The van der Waals surface area contributed by atoms with Crippen LogP contribution in [-0.2, 0) is 4.74 Å². The van der Waals surface area contributed by atoms with E-state index in [2.05, 4.69) is 5.16 Å². The molecule has 4 nitrogen and oxygen atoms in total.